The van der Waals surface area contributed by atoms with Crippen molar-refractivity contribution in [3.8, 4) is 16.9 Å². The van der Waals surface area contributed by atoms with E-state index in [0.29, 0.717) is 43.3 Å². The molecule has 0 N–H and O–H groups in total. The molecule has 9 nitrogen and oxygen atoms in total. The van der Waals surface area contributed by atoms with Crippen LogP contribution in [0.15, 0.2) is 42.5 Å². The molecule has 3 aromatic heterocycles. The highest BCUT2D eigenvalue weighted by Gasteiger charge is 2.37. The highest BCUT2D eigenvalue weighted by Crippen LogP contribution is 2.46. The van der Waals surface area contributed by atoms with Gasteiger partial charge in [0.05, 0.1) is 40.7 Å². The number of carbonyl (C=O) groups is 1. The number of aryl methyl sites for hydroxylation is 7. The van der Waals surface area contributed by atoms with Gasteiger partial charge in [-0.05, 0) is 113 Å². The number of halogens is 2. The number of nitrogens with zero attached hydrogens (tertiary/aromatic N) is 5. The molecule has 0 saturated heterocycles. The molecule has 0 fully saturated rings. The standard InChI is InChI=1S/C42H47Cl2N5O4/c1-23-15-31(16-24(2)38(23)44)53-14-10-11-32-33-12-13-34(43)37(36-27(5)45-47(8)28(36)6)40(33)49-26(4)20-48(42(50)41(32)49)35-19-29(21-52-22-51-9)18-30-17-25(3)46(7)39(30)35/h12-13,15-19,26H,10-11,14,20-22H2,1-9H3/t26-/m1/s1. The van der Waals surface area contributed by atoms with Crippen LogP contribution in [0.1, 0.15) is 69.2 Å². The molecule has 1 amide bonds. The molecule has 1 aliphatic heterocycles. The maximum absolute atomic E-state index is 15.3. The van der Waals surface area contributed by atoms with Gasteiger partial charge in [-0.3, -0.25) is 9.48 Å². The third kappa shape index (κ3) is 6.41. The molecule has 278 valence electrons. The molecule has 11 heteroatoms. The van der Waals surface area contributed by atoms with Crippen LogP contribution in [-0.2, 0) is 36.6 Å². The number of hydrogen-bond acceptors (Lipinski definition) is 5. The molecule has 0 radical (unpaired) electrons. The van der Waals surface area contributed by atoms with E-state index in [9.17, 15) is 0 Å². The number of carbonyl (C=O) groups excluding carboxylic acids is 1. The minimum absolute atomic E-state index is 0.0454. The topological polar surface area (TPSA) is 75.7 Å². The number of amides is 1. The lowest BCUT2D eigenvalue weighted by Crippen LogP contribution is -2.43. The van der Waals surface area contributed by atoms with Crippen LogP contribution in [0.25, 0.3) is 32.9 Å². The lowest BCUT2D eigenvalue weighted by molar-refractivity contribution is -0.0390. The molecule has 3 aromatic carbocycles. The molecule has 0 bridgehead atoms. The number of benzene rings is 3. The van der Waals surface area contributed by atoms with E-state index in [0.717, 1.165) is 88.7 Å². The average Bonchev–Trinajstić information content (AvgIpc) is 3.70. The summed E-state index contributed by atoms with van der Waals surface area (Å²) in [6.07, 6.45) is 1.33. The van der Waals surface area contributed by atoms with Gasteiger partial charge >= 0.3 is 0 Å². The van der Waals surface area contributed by atoms with Crippen molar-refractivity contribution in [2.45, 2.75) is 67.0 Å². The van der Waals surface area contributed by atoms with E-state index in [1.54, 1.807) is 7.11 Å². The van der Waals surface area contributed by atoms with Gasteiger partial charge in [0.25, 0.3) is 5.91 Å². The number of hydrogen-bond donors (Lipinski definition) is 0. The zero-order valence-electron chi connectivity index (χ0n) is 32.0. The monoisotopic (exact) mass is 755 g/mol. The van der Waals surface area contributed by atoms with Gasteiger partial charge in [0.1, 0.15) is 18.2 Å². The third-order valence-electron chi connectivity index (χ3n) is 10.7. The number of anilines is 1. The summed E-state index contributed by atoms with van der Waals surface area (Å²) in [5.41, 5.74) is 12.4. The molecule has 1 aliphatic rings. The van der Waals surface area contributed by atoms with Gasteiger partial charge < -0.3 is 28.2 Å². The fourth-order valence-corrected chi connectivity index (χ4v) is 8.50. The Balaban J connectivity index is 1.38. The van der Waals surface area contributed by atoms with Crippen LogP contribution in [-0.4, -0.2) is 51.9 Å². The Morgan fingerprint density at radius 3 is 2.36 bits per heavy atom. The van der Waals surface area contributed by atoms with E-state index in [1.807, 2.05) is 55.6 Å². The quantitative estimate of drug-likeness (QED) is 0.0973. The van der Waals surface area contributed by atoms with E-state index in [-0.39, 0.29) is 18.7 Å². The van der Waals surface area contributed by atoms with E-state index in [4.69, 9.17) is 42.5 Å². The van der Waals surface area contributed by atoms with Crippen molar-refractivity contribution in [3.63, 3.8) is 0 Å². The van der Waals surface area contributed by atoms with Crippen molar-refractivity contribution in [1.29, 1.82) is 0 Å². The highest BCUT2D eigenvalue weighted by atomic mass is 35.5. The van der Waals surface area contributed by atoms with Crippen LogP contribution in [0.3, 0.4) is 0 Å². The van der Waals surface area contributed by atoms with E-state index in [2.05, 4.69) is 61.2 Å². The van der Waals surface area contributed by atoms with Gasteiger partial charge in [-0.2, -0.15) is 5.10 Å². The zero-order valence-corrected chi connectivity index (χ0v) is 33.5. The lowest BCUT2D eigenvalue weighted by Gasteiger charge is -2.35. The number of rotatable bonds is 11. The Kier molecular flexibility index (Phi) is 10.1. The van der Waals surface area contributed by atoms with Crippen molar-refractivity contribution in [2.75, 3.05) is 32.0 Å². The first kappa shape index (κ1) is 37.1. The third-order valence-corrected chi connectivity index (χ3v) is 11.6. The number of ether oxygens (including phenoxy) is 3. The predicted octanol–water partition coefficient (Wildman–Crippen LogP) is 9.74. The second-order valence-corrected chi connectivity index (χ2v) is 15.2. The van der Waals surface area contributed by atoms with Gasteiger partial charge in [-0.25, -0.2) is 0 Å². The van der Waals surface area contributed by atoms with Gasteiger partial charge in [0, 0.05) is 72.1 Å². The minimum atomic E-state index is -0.0745. The Hall–Kier alpha value is -4.28. The van der Waals surface area contributed by atoms with Crippen LogP contribution in [0.5, 0.6) is 5.75 Å². The molecule has 4 heterocycles. The molecule has 7 rings (SSSR count). The second kappa shape index (κ2) is 14.5. The van der Waals surface area contributed by atoms with Crippen molar-refractivity contribution in [3.05, 3.63) is 97.5 Å². The molecule has 53 heavy (non-hydrogen) atoms. The lowest BCUT2D eigenvalue weighted by atomic mass is 9.98. The Labute approximate surface area is 320 Å². The maximum atomic E-state index is 15.3. The summed E-state index contributed by atoms with van der Waals surface area (Å²) < 4.78 is 23.5. The summed E-state index contributed by atoms with van der Waals surface area (Å²) in [4.78, 5) is 17.2. The summed E-state index contributed by atoms with van der Waals surface area (Å²) in [6, 6.07) is 14.3. The van der Waals surface area contributed by atoms with Crippen LogP contribution >= 0.6 is 23.2 Å². The number of aromatic nitrogens is 4. The summed E-state index contributed by atoms with van der Waals surface area (Å²) >= 11 is 13.6. The van der Waals surface area contributed by atoms with Gasteiger partial charge in [-0.1, -0.05) is 29.3 Å². The second-order valence-electron chi connectivity index (χ2n) is 14.4. The van der Waals surface area contributed by atoms with E-state index < -0.39 is 0 Å². The van der Waals surface area contributed by atoms with Gasteiger partial charge in [-0.15, -0.1) is 0 Å². The fraction of sp³-hybridized carbons (Fsp3) is 0.381. The molecule has 0 unspecified atom stereocenters. The molecule has 0 saturated carbocycles. The van der Waals surface area contributed by atoms with Gasteiger partial charge in [0.15, 0.2) is 0 Å². The highest BCUT2D eigenvalue weighted by molar-refractivity contribution is 6.35. The SMILES string of the molecule is COCOCc1cc(N2C[C@@H](C)n3c(c(CCCOc4cc(C)c(Cl)c(C)c4)c4ccc(Cl)c(-c5c(C)nn(C)c5C)c43)C2=O)c2c(c1)cc(C)n2C. The molecule has 6 aromatic rings. The molecule has 1 atom stereocenters. The van der Waals surface area contributed by atoms with E-state index in [1.165, 1.54) is 0 Å². The first-order valence-corrected chi connectivity index (χ1v) is 18.8. The van der Waals surface area contributed by atoms with Crippen LogP contribution < -0.4 is 9.64 Å². The number of methoxy groups -OCH3 is 1. The average molecular weight is 757 g/mol. The molecule has 0 spiro atoms. The summed E-state index contributed by atoms with van der Waals surface area (Å²) in [7, 11) is 5.62. The summed E-state index contributed by atoms with van der Waals surface area (Å²) in [5.74, 6) is 0.743. The van der Waals surface area contributed by atoms with Crippen molar-refractivity contribution in [2.24, 2.45) is 14.1 Å². The van der Waals surface area contributed by atoms with Crippen molar-refractivity contribution in [1.82, 2.24) is 18.9 Å². The normalized spacial score (nSPS) is 14.6. The molecular weight excluding hydrogens is 709 g/mol. The minimum Gasteiger partial charge on any atom is -0.494 e. The van der Waals surface area contributed by atoms with E-state index >= 15 is 4.79 Å². The Morgan fingerprint density at radius 1 is 0.943 bits per heavy atom. The Bertz CT molecular complexity index is 2380. The maximum Gasteiger partial charge on any atom is 0.275 e. The largest absolute Gasteiger partial charge is 0.494 e. The molecular formula is C42H47Cl2N5O4. The predicted molar refractivity (Wildman–Crippen MR) is 214 cm³/mol. The van der Waals surface area contributed by atoms with Crippen molar-refractivity contribution < 1.29 is 19.0 Å². The smallest absolute Gasteiger partial charge is 0.275 e. The summed E-state index contributed by atoms with van der Waals surface area (Å²) in [5, 5.41) is 8.22. The van der Waals surface area contributed by atoms with Crippen LogP contribution in [0, 0.1) is 34.6 Å². The first-order valence-electron chi connectivity index (χ1n) is 18.0. The number of fused-ring (bicyclic) bond motifs is 4. The summed E-state index contributed by atoms with van der Waals surface area (Å²) in [6.45, 7) is 13.8. The van der Waals surface area contributed by atoms with Crippen LogP contribution in [0.4, 0.5) is 5.69 Å². The first-order chi connectivity index (χ1) is 25.3. The zero-order chi connectivity index (χ0) is 37.9. The molecule has 0 aliphatic carbocycles. The Morgan fingerprint density at radius 2 is 1.68 bits per heavy atom. The van der Waals surface area contributed by atoms with Crippen LogP contribution in [0.2, 0.25) is 10.0 Å². The van der Waals surface area contributed by atoms with Crippen molar-refractivity contribution >= 4 is 56.6 Å². The fourth-order valence-electron chi connectivity index (χ4n) is 8.14. The van der Waals surface area contributed by atoms with Gasteiger partial charge in [0.2, 0.25) is 0 Å².